The summed E-state index contributed by atoms with van der Waals surface area (Å²) in [5, 5.41) is 10.9. The van der Waals surface area contributed by atoms with Crippen LogP contribution in [0.1, 0.15) is 30.0 Å². The molecule has 1 N–H and O–H groups in total. The molecule has 2 heterocycles. The average Bonchev–Trinajstić information content (AvgIpc) is 2.28. The first kappa shape index (κ1) is 13.0. The lowest BCUT2D eigenvalue weighted by atomic mass is 10.2. The van der Waals surface area contributed by atoms with Crippen molar-refractivity contribution in [3.8, 4) is 0 Å². The van der Waals surface area contributed by atoms with Crippen molar-refractivity contribution in [1.82, 2.24) is 15.0 Å². The Morgan fingerprint density at radius 2 is 1.83 bits per heavy atom. The van der Waals surface area contributed by atoms with E-state index in [0.29, 0.717) is 5.16 Å². The SMILES string of the molecule is Cc1cc(C)nc(Sc2ccc([C@@H](C)O)cn2)n1. The molecule has 0 aromatic carbocycles. The van der Waals surface area contributed by atoms with Gasteiger partial charge in [-0.05, 0) is 50.2 Å². The highest BCUT2D eigenvalue weighted by molar-refractivity contribution is 7.99. The fourth-order valence-electron chi connectivity index (χ4n) is 1.53. The summed E-state index contributed by atoms with van der Waals surface area (Å²) in [6, 6.07) is 5.67. The van der Waals surface area contributed by atoms with E-state index in [-0.39, 0.29) is 0 Å². The summed E-state index contributed by atoms with van der Waals surface area (Å²) in [6.45, 7) is 5.61. The van der Waals surface area contributed by atoms with Gasteiger partial charge in [-0.1, -0.05) is 6.07 Å². The Kier molecular flexibility index (Phi) is 3.93. The summed E-state index contributed by atoms with van der Waals surface area (Å²) >= 11 is 1.42. The fourth-order valence-corrected chi connectivity index (χ4v) is 2.34. The average molecular weight is 261 g/mol. The van der Waals surface area contributed by atoms with E-state index in [1.807, 2.05) is 32.0 Å². The van der Waals surface area contributed by atoms with Gasteiger partial charge in [-0.2, -0.15) is 0 Å². The highest BCUT2D eigenvalue weighted by Crippen LogP contribution is 2.24. The van der Waals surface area contributed by atoms with Crippen molar-refractivity contribution in [2.45, 2.75) is 37.1 Å². The standard InChI is InChI=1S/C13H15N3OS/c1-8-6-9(2)16-13(15-8)18-12-5-4-11(7-14-12)10(3)17/h4-7,10,17H,1-3H3/t10-/m1/s1. The van der Waals surface area contributed by atoms with Gasteiger partial charge in [-0.15, -0.1) is 0 Å². The van der Waals surface area contributed by atoms with Gasteiger partial charge in [0, 0.05) is 17.6 Å². The third-order valence-corrected chi connectivity index (χ3v) is 3.22. The van der Waals surface area contributed by atoms with E-state index in [2.05, 4.69) is 15.0 Å². The van der Waals surface area contributed by atoms with Gasteiger partial charge in [0.05, 0.1) is 6.10 Å². The Hall–Kier alpha value is -1.46. The monoisotopic (exact) mass is 261 g/mol. The lowest BCUT2D eigenvalue weighted by molar-refractivity contribution is 0.198. The summed E-state index contributed by atoms with van der Waals surface area (Å²) in [6.07, 6.45) is 1.18. The van der Waals surface area contributed by atoms with Crippen LogP contribution in [0.4, 0.5) is 0 Å². The van der Waals surface area contributed by atoms with E-state index < -0.39 is 6.10 Å². The van der Waals surface area contributed by atoms with Crippen molar-refractivity contribution < 1.29 is 5.11 Å². The number of aromatic nitrogens is 3. The van der Waals surface area contributed by atoms with Crippen LogP contribution in [0.2, 0.25) is 0 Å². The van der Waals surface area contributed by atoms with E-state index in [1.165, 1.54) is 11.8 Å². The molecular weight excluding hydrogens is 246 g/mol. The third-order valence-electron chi connectivity index (χ3n) is 2.40. The smallest absolute Gasteiger partial charge is 0.194 e. The zero-order valence-electron chi connectivity index (χ0n) is 10.6. The number of aliphatic hydroxyl groups is 1. The summed E-state index contributed by atoms with van der Waals surface area (Å²) in [5.74, 6) is 0. The van der Waals surface area contributed by atoms with Crippen LogP contribution in [0.3, 0.4) is 0 Å². The highest BCUT2D eigenvalue weighted by atomic mass is 32.2. The van der Waals surface area contributed by atoms with Crippen LogP contribution in [-0.4, -0.2) is 20.1 Å². The van der Waals surface area contributed by atoms with Gasteiger partial charge in [0.1, 0.15) is 5.03 Å². The summed E-state index contributed by atoms with van der Waals surface area (Å²) < 4.78 is 0. The number of nitrogens with zero attached hydrogens (tertiary/aromatic N) is 3. The third kappa shape index (κ3) is 3.27. The van der Waals surface area contributed by atoms with E-state index >= 15 is 0 Å². The van der Waals surface area contributed by atoms with Crippen LogP contribution in [0.5, 0.6) is 0 Å². The minimum absolute atomic E-state index is 0.492. The van der Waals surface area contributed by atoms with Crippen molar-refractivity contribution in [2.75, 3.05) is 0 Å². The fraction of sp³-hybridized carbons (Fsp3) is 0.308. The molecule has 2 aromatic rings. The second kappa shape index (κ2) is 5.46. The number of hydrogen-bond donors (Lipinski definition) is 1. The Balaban J connectivity index is 2.18. The van der Waals surface area contributed by atoms with E-state index in [4.69, 9.17) is 0 Å². The molecule has 0 aliphatic rings. The zero-order valence-corrected chi connectivity index (χ0v) is 11.4. The number of pyridine rings is 1. The molecule has 0 aliphatic heterocycles. The second-order valence-electron chi connectivity index (χ2n) is 4.14. The van der Waals surface area contributed by atoms with Gasteiger partial charge in [-0.3, -0.25) is 0 Å². The molecule has 0 aliphatic carbocycles. The molecule has 2 rings (SSSR count). The van der Waals surface area contributed by atoms with Crippen LogP contribution < -0.4 is 0 Å². The molecule has 94 valence electrons. The lowest BCUT2D eigenvalue weighted by Crippen LogP contribution is -1.95. The van der Waals surface area contributed by atoms with Crippen molar-refractivity contribution in [3.05, 3.63) is 41.3 Å². The number of rotatable bonds is 3. The molecule has 18 heavy (non-hydrogen) atoms. The van der Waals surface area contributed by atoms with Crippen molar-refractivity contribution in [2.24, 2.45) is 0 Å². The molecule has 1 atom stereocenters. The van der Waals surface area contributed by atoms with Crippen LogP contribution >= 0.6 is 11.8 Å². The molecule has 5 heteroatoms. The van der Waals surface area contributed by atoms with Gasteiger partial charge >= 0.3 is 0 Å². The van der Waals surface area contributed by atoms with Crippen LogP contribution in [0, 0.1) is 13.8 Å². The van der Waals surface area contributed by atoms with Crippen molar-refractivity contribution in [3.63, 3.8) is 0 Å². The Bertz CT molecular complexity index is 520. The molecule has 0 fully saturated rings. The number of aliphatic hydroxyl groups excluding tert-OH is 1. The Morgan fingerprint density at radius 1 is 1.17 bits per heavy atom. The Labute approximate surface area is 111 Å². The van der Waals surface area contributed by atoms with Crippen LogP contribution in [-0.2, 0) is 0 Å². The minimum atomic E-state index is -0.492. The highest BCUT2D eigenvalue weighted by Gasteiger charge is 2.05. The van der Waals surface area contributed by atoms with Crippen LogP contribution in [0.15, 0.2) is 34.6 Å². The summed E-state index contributed by atoms with van der Waals surface area (Å²) in [4.78, 5) is 13.0. The molecule has 0 saturated heterocycles. The van der Waals surface area contributed by atoms with E-state index in [0.717, 1.165) is 22.0 Å². The first-order valence-corrected chi connectivity index (χ1v) is 6.50. The minimum Gasteiger partial charge on any atom is -0.389 e. The maximum Gasteiger partial charge on any atom is 0.194 e. The van der Waals surface area contributed by atoms with Gasteiger partial charge in [0.15, 0.2) is 5.16 Å². The van der Waals surface area contributed by atoms with Crippen molar-refractivity contribution >= 4 is 11.8 Å². The largest absolute Gasteiger partial charge is 0.389 e. The quantitative estimate of drug-likeness (QED) is 0.861. The zero-order chi connectivity index (χ0) is 13.1. The normalized spacial score (nSPS) is 12.4. The van der Waals surface area contributed by atoms with E-state index in [1.54, 1.807) is 13.1 Å². The van der Waals surface area contributed by atoms with Crippen LogP contribution in [0.25, 0.3) is 0 Å². The molecule has 0 spiro atoms. The first-order valence-electron chi connectivity index (χ1n) is 5.69. The molecule has 2 aromatic heterocycles. The van der Waals surface area contributed by atoms with Gasteiger partial charge in [0.25, 0.3) is 0 Å². The predicted molar refractivity (Wildman–Crippen MR) is 70.5 cm³/mol. The summed E-state index contributed by atoms with van der Waals surface area (Å²) in [5.41, 5.74) is 2.71. The number of aryl methyl sites for hydroxylation is 2. The molecule has 0 amide bonds. The molecular formula is C13H15N3OS. The second-order valence-corrected chi connectivity index (χ2v) is 5.13. The topological polar surface area (TPSA) is 58.9 Å². The molecule has 0 radical (unpaired) electrons. The van der Waals surface area contributed by atoms with Gasteiger partial charge in [0.2, 0.25) is 0 Å². The first-order chi connectivity index (χ1) is 8.54. The molecule has 0 bridgehead atoms. The summed E-state index contributed by atoms with van der Waals surface area (Å²) in [7, 11) is 0. The molecule has 0 saturated carbocycles. The Morgan fingerprint density at radius 3 is 2.33 bits per heavy atom. The number of hydrogen-bond acceptors (Lipinski definition) is 5. The van der Waals surface area contributed by atoms with Crippen molar-refractivity contribution in [1.29, 1.82) is 0 Å². The lowest BCUT2D eigenvalue weighted by Gasteiger charge is -2.05. The molecule has 4 nitrogen and oxygen atoms in total. The maximum atomic E-state index is 9.41. The van der Waals surface area contributed by atoms with Gasteiger partial charge < -0.3 is 5.11 Å². The van der Waals surface area contributed by atoms with E-state index in [9.17, 15) is 5.11 Å². The molecule has 0 unspecified atom stereocenters. The van der Waals surface area contributed by atoms with Gasteiger partial charge in [-0.25, -0.2) is 15.0 Å². The maximum absolute atomic E-state index is 9.41. The predicted octanol–water partition coefficient (Wildman–Crippen LogP) is 2.69.